The molecule has 0 N–H and O–H groups in total. The number of nitrogens with zero attached hydrogens (tertiary/aromatic N) is 2. The molecule has 1 aromatic heterocycles. The molecule has 2 aromatic carbocycles. The minimum Gasteiger partial charge on any atom is -0.493 e. The van der Waals surface area contributed by atoms with E-state index in [4.69, 9.17) is 14.2 Å². The maximum absolute atomic E-state index is 5.86. The van der Waals surface area contributed by atoms with Crippen molar-refractivity contribution in [2.75, 3.05) is 33.9 Å². The van der Waals surface area contributed by atoms with Gasteiger partial charge in [-0.2, -0.15) is 0 Å². The topological polar surface area (TPSA) is 43.8 Å². The van der Waals surface area contributed by atoms with Crippen molar-refractivity contribution in [1.29, 1.82) is 0 Å². The molecule has 3 aromatic rings. The highest BCUT2D eigenvalue weighted by atomic mass is 35.5. The number of unbranched alkanes of at least 4 members (excludes halogenated alkanes) is 1. The second kappa shape index (κ2) is 12.0. The van der Waals surface area contributed by atoms with E-state index >= 15 is 0 Å². The van der Waals surface area contributed by atoms with Gasteiger partial charge in [0.15, 0.2) is 11.5 Å². The fraction of sp³-hybridized carbons (Fsp3) is 0.375. The number of methoxy groups -OCH3 is 2. The molecule has 0 aliphatic carbocycles. The van der Waals surface area contributed by atoms with Crippen LogP contribution in [0.3, 0.4) is 0 Å². The van der Waals surface area contributed by atoms with E-state index < -0.39 is 0 Å². The molecule has 0 radical (unpaired) electrons. The minimum absolute atomic E-state index is 0. The first-order valence-electron chi connectivity index (χ1n) is 10.2. The molecule has 0 saturated carbocycles. The number of pyridine rings is 1. The predicted molar refractivity (Wildman–Crippen MR) is 129 cm³/mol. The highest BCUT2D eigenvalue weighted by molar-refractivity contribution is 5.85. The normalized spacial score (nSPS) is 13.0. The molecule has 0 unspecified atom stereocenters. The van der Waals surface area contributed by atoms with Gasteiger partial charge >= 0.3 is 0 Å². The Morgan fingerprint density at radius 3 is 2.42 bits per heavy atom. The summed E-state index contributed by atoms with van der Waals surface area (Å²) in [5.74, 6) is 2.33. The quantitative estimate of drug-likeness (QED) is 0.422. The van der Waals surface area contributed by atoms with E-state index in [1.807, 2.05) is 24.3 Å². The average Bonchev–Trinajstić information content (AvgIpc) is 2.77. The van der Waals surface area contributed by atoms with Gasteiger partial charge in [0.05, 0.1) is 26.3 Å². The van der Waals surface area contributed by atoms with Crippen LogP contribution >= 0.6 is 24.8 Å². The first kappa shape index (κ1) is 25.1. The molecule has 168 valence electrons. The summed E-state index contributed by atoms with van der Waals surface area (Å²) >= 11 is 0. The van der Waals surface area contributed by atoms with E-state index in [0.29, 0.717) is 12.5 Å². The zero-order chi connectivity index (χ0) is 20.1. The van der Waals surface area contributed by atoms with Crippen LogP contribution in [0.15, 0.2) is 48.5 Å². The van der Waals surface area contributed by atoms with Crippen LogP contribution in [0, 0.1) is 0 Å². The summed E-state index contributed by atoms with van der Waals surface area (Å²) in [5.41, 5.74) is 3.68. The number of hydrogen-bond donors (Lipinski definition) is 0. The zero-order valence-electron chi connectivity index (χ0n) is 18.0. The lowest BCUT2D eigenvalue weighted by Gasteiger charge is -2.29. The molecule has 0 fully saturated rings. The molecule has 2 heterocycles. The summed E-state index contributed by atoms with van der Waals surface area (Å²) < 4.78 is 16.7. The molecule has 5 nitrogen and oxygen atoms in total. The van der Waals surface area contributed by atoms with Gasteiger partial charge in [0.2, 0.25) is 5.88 Å². The largest absolute Gasteiger partial charge is 0.493 e. The Morgan fingerprint density at radius 1 is 0.903 bits per heavy atom. The fourth-order valence-electron chi connectivity index (χ4n) is 3.87. The molecule has 0 atom stereocenters. The Kier molecular flexibility index (Phi) is 9.69. The summed E-state index contributed by atoms with van der Waals surface area (Å²) in [7, 11) is 3.38. The molecule has 0 spiro atoms. The van der Waals surface area contributed by atoms with Crippen molar-refractivity contribution in [3.63, 3.8) is 0 Å². The molecule has 31 heavy (non-hydrogen) atoms. The van der Waals surface area contributed by atoms with Crippen LogP contribution in [0.2, 0.25) is 0 Å². The Labute approximate surface area is 196 Å². The third kappa shape index (κ3) is 6.16. The maximum atomic E-state index is 5.86. The molecule has 4 rings (SSSR count). The van der Waals surface area contributed by atoms with Gasteiger partial charge in [-0.05, 0) is 61.2 Å². The van der Waals surface area contributed by atoms with Crippen LogP contribution in [0.25, 0.3) is 10.9 Å². The van der Waals surface area contributed by atoms with Gasteiger partial charge in [0.25, 0.3) is 0 Å². The van der Waals surface area contributed by atoms with Gasteiger partial charge in [-0.1, -0.05) is 18.2 Å². The minimum atomic E-state index is 0. The van der Waals surface area contributed by atoms with Crippen LogP contribution in [0.1, 0.15) is 24.0 Å². The Hall–Kier alpha value is -2.21. The fourth-order valence-corrected chi connectivity index (χ4v) is 3.87. The first-order valence-corrected chi connectivity index (χ1v) is 10.2. The zero-order valence-corrected chi connectivity index (χ0v) is 19.6. The van der Waals surface area contributed by atoms with E-state index in [9.17, 15) is 0 Å². The van der Waals surface area contributed by atoms with Crippen molar-refractivity contribution in [2.24, 2.45) is 0 Å². The van der Waals surface area contributed by atoms with Gasteiger partial charge < -0.3 is 14.2 Å². The van der Waals surface area contributed by atoms with Crippen molar-refractivity contribution < 1.29 is 14.2 Å². The monoisotopic (exact) mass is 464 g/mol. The Balaban J connectivity index is 0.00000171. The highest BCUT2D eigenvalue weighted by Gasteiger charge is 2.19. The first-order chi connectivity index (χ1) is 14.3. The molecule has 0 saturated heterocycles. The molecule has 0 bridgehead atoms. The number of para-hydroxylation sites is 1. The molecular weight excluding hydrogens is 435 g/mol. The lowest BCUT2D eigenvalue weighted by molar-refractivity contribution is 0.232. The summed E-state index contributed by atoms with van der Waals surface area (Å²) in [6, 6.07) is 16.4. The van der Waals surface area contributed by atoms with E-state index in [0.717, 1.165) is 61.3 Å². The third-order valence-electron chi connectivity index (χ3n) is 5.49. The third-order valence-corrected chi connectivity index (χ3v) is 5.49. The molecule has 7 heteroatoms. The van der Waals surface area contributed by atoms with Crippen LogP contribution in [0.4, 0.5) is 0 Å². The number of ether oxygens (including phenoxy) is 3. The van der Waals surface area contributed by atoms with E-state index in [1.165, 1.54) is 11.1 Å². The molecule has 1 aliphatic rings. The summed E-state index contributed by atoms with van der Waals surface area (Å²) in [6.45, 7) is 3.81. The second-order valence-electron chi connectivity index (χ2n) is 7.40. The number of rotatable bonds is 8. The lowest BCUT2D eigenvalue weighted by atomic mass is 9.98. The van der Waals surface area contributed by atoms with Crippen LogP contribution in [-0.2, 0) is 13.0 Å². The van der Waals surface area contributed by atoms with Crippen LogP contribution in [0.5, 0.6) is 17.4 Å². The number of hydrogen-bond acceptors (Lipinski definition) is 5. The number of aromatic nitrogens is 1. The van der Waals surface area contributed by atoms with Gasteiger partial charge in [0, 0.05) is 24.5 Å². The Morgan fingerprint density at radius 2 is 1.65 bits per heavy atom. The van der Waals surface area contributed by atoms with Gasteiger partial charge in [-0.15, -0.1) is 24.8 Å². The number of benzene rings is 2. The van der Waals surface area contributed by atoms with Crippen molar-refractivity contribution >= 4 is 35.7 Å². The smallest absolute Gasteiger partial charge is 0.213 e. The summed E-state index contributed by atoms with van der Waals surface area (Å²) in [4.78, 5) is 7.07. The summed E-state index contributed by atoms with van der Waals surface area (Å²) in [6.07, 6.45) is 3.17. The molecular formula is C24H30Cl2N2O3. The molecule has 0 amide bonds. The molecule has 1 aliphatic heterocycles. The van der Waals surface area contributed by atoms with E-state index in [-0.39, 0.29) is 24.8 Å². The number of halogens is 2. The SMILES string of the molecule is COc1cc2c(cc1OC)CN(CCCCOc1ccc3ccccc3n1)CC2.Cl.Cl. The predicted octanol–water partition coefficient (Wildman–Crippen LogP) is 5.31. The standard InChI is InChI=1S/C24H28N2O3.2ClH/c1-27-22-15-19-11-13-26(17-20(19)16-23(22)28-2)12-5-6-14-29-24-10-9-18-7-3-4-8-21(18)25-24;;/h3-4,7-10,15-16H,5-6,11-14,17H2,1-2H3;2*1H. The number of fused-ring (bicyclic) bond motifs is 2. The van der Waals surface area contributed by atoms with Gasteiger partial charge in [-0.25, -0.2) is 4.98 Å². The van der Waals surface area contributed by atoms with E-state index in [1.54, 1.807) is 14.2 Å². The van der Waals surface area contributed by atoms with Crippen molar-refractivity contribution in [2.45, 2.75) is 25.8 Å². The Bertz CT molecular complexity index is 984. The van der Waals surface area contributed by atoms with Crippen molar-refractivity contribution in [1.82, 2.24) is 9.88 Å². The second-order valence-corrected chi connectivity index (χ2v) is 7.40. The summed E-state index contributed by atoms with van der Waals surface area (Å²) in [5, 5.41) is 1.14. The van der Waals surface area contributed by atoms with Crippen molar-refractivity contribution in [3.8, 4) is 17.4 Å². The average molecular weight is 465 g/mol. The maximum Gasteiger partial charge on any atom is 0.213 e. The van der Waals surface area contributed by atoms with Crippen LogP contribution < -0.4 is 14.2 Å². The van der Waals surface area contributed by atoms with E-state index in [2.05, 4.69) is 34.1 Å². The van der Waals surface area contributed by atoms with Crippen molar-refractivity contribution in [3.05, 3.63) is 59.7 Å². The van der Waals surface area contributed by atoms with Gasteiger partial charge in [0.1, 0.15) is 0 Å². The lowest BCUT2D eigenvalue weighted by Crippen LogP contribution is -2.31. The van der Waals surface area contributed by atoms with Gasteiger partial charge in [-0.3, -0.25) is 4.90 Å². The van der Waals surface area contributed by atoms with Crippen LogP contribution in [-0.4, -0.2) is 43.8 Å². The highest BCUT2D eigenvalue weighted by Crippen LogP contribution is 2.33.